The van der Waals surface area contributed by atoms with E-state index in [1.165, 1.54) is 57.8 Å². The molecule has 0 aromatic rings. The van der Waals surface area contributed by atoms with Gasteiger partial charge in [-0.2, -0.15) is 0 Å². The van der Waals surface area contributed by atoms with Crippen LogP contribution in [0.3, 0.4) is 0 Å². The Morgan fingerprint density at radius 2 is 1.32 bits per heavy atom. The van der Waals surface area contributed by atoms with Gasteiger partial charge >= 0.3 is 0 Å². The average molecular weight is 270 g/mol. The molecule has 114 valence electrons. The summed E-state index contributed by atoms with van der Waals surface area (Å²) in [6.45, 7) is 6.49. The Balaban J connectivity index is 3.17. The van der Waals surface area contributed by atoms with Crippen LogP contribution in [-0.2, 0) is 4.79 Å². The first-order valence-corrected chi connectivity index (χ1v) is 8.05. The van der Waals surface area contributed by atoms with Crippen LogP contribution in [0.5, 0.6) is 0 Å². The van der Waals surface area contributed by atoms with E-state index in [-0.39, 0.29) is 5.91 Å². The third-order valence-electron chi connectivity index (χ3n) is 3.40. The van der Waals surface area contributed by atoms with E-state index >= 15 is 0 Å². The summed E-state index contributed by atoms with van der Waals surface area (Å²) < 4.78 is 0. The molecule has 0 unspecified atom stereocenters. The lowest BCUT2D eigenvalue weighted by molar-refractivity contribution is -0.125. The highest BCUT2D eigenvalue weighted by Crippen LogP contribution is 2.10. The first-order valence-electron chi connectivity index (χ1n) is 8.05. The molecule has 0 radical (unpaired) electrons. The van der Waals surface area contributed by atoms with Gasteiger partial charge in [-0.05, 0) is 20.3 Å². The Morgan fingerprint density at radius 3 is 1.74 bits per heavy atom. The summed E-state index contributed by atoms with van der Waals surface area (Å²) in [7, 11) is 0. The van der Waals surface area contributed by atoms with Crippen molar-refractivity contribution in [2.75, 3.05) is 6.54 Å². The van der Waals surface area contributed by atoms with Crippen molar-refractivity contribution in [1.29, 1.82) is 0 Å². The zero-order chi connectivity index (χ0) is 14.6. The second-order valence-corrected chi connectivity index (χ2v) is 6.16. The second-order valence-electron chi connectivity index (χ2n) is 6.16. The first kappa shape index (κ1) is 18.4. The van der Waals surface area contributed by atoms with Gasteiger partial charge in [0.05, 0.1) is 5.54 Å². The van der Waals surface area contributed by atoms with E-state index in [1.807, 2.05) is 0 Å². The summed E-state index contributed by atoms with van der Waals surface area (Å²) in [5.74, 6) is -0.0524. The van der Waals surface area contributed by atoms with Gasteiger partial charge in [0.2, 0.25) is 5.91 Å². The van der Waals surface area contributed by atoms with Gasteiger partial charge in [0.25, 0.3) is 0 Å². The van der Waals surface area contributed by atoms with Gasteiger partial charge < -0.3 is 11.1 Å². The van der Waals surface area contributed by atoms with Crippen molar-refractivity contribution < 1.29 is 4.79 Å². The van der Waals surface area contributed by atoms with E-state index in [9.17, 15) is 4.79 Å². The highest BCUT2D eigenvalue weighted by atomic mass is 16.2. The summed E-state index contributed by atoms with van der Waals surface area (Å²) in [5, 5.41) is 2.88. The van der Waals surface area contributed by atoms with Crippen molar-refractivity contribution in [2.24, 2.45) is 5.73 Å². The van der Waals surface area contributed by atoms with Crippen molar-refractivity contribution >= 4 is 5.91 Å². The summed E-state index contributed by atoms with van der Waals surface area (Å²) in [5.41, 5.74) is 4.95. The Labute approximate surface area is 119 Å². The molecule has 3 nitrogen and oxygen atoms in total. The van der Waals surface area contributed by atoms with E-state index < -0.39 is 5.54 Å². The minimum absolute atomic E-state index is 0.0524. The molecule has 0 aromatic carbocycles. The molecule has 0 heterocycles. The van der Waals surface area contributed by atoms with Crippen molar-refractivity contribution in [2.45, 2.75) is 90.5 Å². The molecule has 3 N–H and O–H groups in total. The van der Waals surface area contributed by atoms with E-state index in [2.05, 4.69) is 12.2 Å². The highest BCUT2D eigenvalue weighted by Gasteiger charge is 2.20. The van der Waals surface area contributed by atoms with Crippen LogP contribution in [0.25, 0.3) is 0 Å². The van der Waals surface area contributed by atoms with Gasteiger partial charge in [-0.25, -0.2) is 0 Å². The summed E-state index contributed by atoms with van der Waals surface area (Å²) in [6.07, 6.45) is 13.2. The molecule has 0 aromatic heterocycles. The fraction of sp³-hybridized carbons (Fsp3) is 0.938. The Kier molecular flexibility index (Phi) is 10.9. The van der Waals surface area contributed by atoms with Crippen molar-refractivity contribution in [3.63, 3.8) is 0 Å². The predicted octanol–water partition coefficient (Wildman–Crippen LogP) is 3.76. The number of amides is 1. The molecule has 0 rings (SSSR count). The van der Waals surface area contributed by atoms with Crippen molar-refractivity contribution in [3.05, 3.63) is 0 Å². The van der Waals surface area contributed by atoms with Gasteiger partial charge in [0, 0.05) is 6.54 Å². The molecular weight excluding hydrogens is 236 g/mol. The normalized spacial score (nSPS) is 11.6. The third-order valence-corrected chi connectivity index (χ3v) is 3.40. The first-order chi connectivity index (χ1) is 8.98. The molecule has 0 fully saturated rings. The van der Waals surface area contributed by atoms with Gasteiger partial charge in [0.15, 0.2) is 0 Å². The molecule has 0 saturated heterocycles. The lowest BCUT2D eigenvalue weighted by Crippen LogP contribution is -2.49. The molecule has 0 bridgehead atoms. The molecule has 1 amide bonds. The summed E-state index contributed by atoms with van der Waals surface area (Å²) in [4.78, 5) is 11.5. The number of nitrogens with two attached hydrogens (primary N) is 1. The van der Waals surface area contributed by atoms with Gasteiger partial charge in [-0.1, -0.05) is 64.7 Å². The van der Waals surface area contributed by atoms with Crippen LogP contribution < -0.4 is 11.1 Å². The molecule has 0 aliphatic heterocycles. The summed E-state index contributed by atoms with van der Waals surface area (Å²) >= 11 is 0. The van der Waals surface area contributed by atoms with Crippen LogP contribution in [0.1, 0.15) is 85.0 Å². The van der Waals surface area contributed by atoms with Gasteiger partial charge in [-0.15, -0.1) is 0 Å². The number of nitrogens with one attached hydrogen (secondary N) is 1. The molecule has 0 aliphatic rings. The quantitative estimate of drug-likeness (QED) is 0.530. The Morgan fingerprint density at radius 1 is 0.895 bits per heavy atom. The Hall–Kier alpha value is -0.570. The Bertz CT molecular complexity index is 221. The monoisotopic (exact) mass is 270 g/mol. The number of carbonyl (C=O) groups excluding carboxylic acids is 1. The average Bonchev–Trinajstić information content (AvgIpc) is 2.34. The van der Waals surface area contributed by atoms with E-state index in [0.717, 1.165) is 13.0 Å². The van der Waals surface area contributed by atoms with Crippen LogP contribution in [-0.4, -0.2) is 18.0 Å². The maximum Gasteiger partial charge on any atom is 0.239 e. The predicted molar refractivity (Wildman–Crippen MR) is 83.1 cm³/mol. The standard InChI is InChI=1S/C16H34N2O/c1-4-5-6-7-8-9-10-11-12-13-14-18-15(19)16(2,3)17/h4-14,17H2,1-3H3,(H,18,19). The smallest absolute Gasteiger partial charge is 0.239 e. The molecule has 19 heavy (non-hydrogen) atoms. The topological polar surface area (TPSA) is 55.1 Å². The molecule has 0 atom stereocenters. The lowest BCUT2D eigenvalue weighted by atomic mass is 10.1. The SMILES string of the molecule is CCCCCCCCCCCCNC(=O)C(C)(C)N. The van der Waals surface area contributed by atoms with E-state index in [0.29, 0.717) is 0 Å². The number of rotatable bonds is 12. The molecular formula is C16H34N2O. The second kappa shape index (κ2) is 11.3. The van der Waals surface area contributed by atoms with Crippen LogP contribution in [0, 0.1) is 0 Å². The van der Waals surface area contributed by atoms with Gasteiger partial charge in [0.1, 0.15) is 0 Å². The maximum absolute atomic E-state index is 11.5. The molecule has 0 aliphatic carbocycles. The van der Waals surface area contributed by atoms with Crippen LogP contribution in [0.2, 0.25) is 0 Å². The zero-order valence-electron chi connectivity index (χ0n) is 13.3. The maximum atomic E-state index is 11.5. The molecule has 0 saturated carbocycles. The fourth-order valence-electron chi connectivity index (χ4n) is 2.04. The summed E-state index contributed by atoms with van der Waals surface area (Å²) in [6, 6.07) is 0. The van der Waals surface area contributed by atoms with E-state index in [1.54, 1.807) is 13.8 Å². The number of unbranched alkanes of at least 4 members (excludes halogenated alkanes) is 9. The number of carbonyl (C=O) groups is 1. The van der Waals surface area contributed by atoms with Crippen LogP contribution >= 0.6 is 0 Å². The minimum atomic E-state index is -0.751. The van der Waals surface area contributed by atoms with Crippen LogP contribution in [0.15, 0.2) is 0 Å². The number of hydrogen-bond donors (Lipinski definition) is 2. The zero-order valence-corrected chi connectivity index (χ0v) is 13.3. The number of hydrogen-bond acceptors (Lipinski definition) is 2. The van der Waals surface area contributed by atoms with Crippen LogP contribution in [0.4, 0.5) is 0 Å². The van der Waals surface area contributed by atoms with Crippen molar-refractivity contribution in [3.8, 4) is 0 Å². The molecule has 0 spiro atoms. The highest BCUT2D eigenvalue weighted by molar-refractivity contribution is 5.84. The van der Waals surface area contributed by atoms with Gasteiger partial charge in [-0.3, -0.25) is 4.79 Å². The molecule has 3 heteroatoms. The fourth-order valence-corrected chi connectivity index (χ4v) is 2.04. The van der Waals surface area contributed by atoms with E-state index in [4.69, 9.17) is 5.73 Å². The largest absolute Gasteiger partial charge is 0.355 e. The van der Waals surface area contributed by atoms with Crippen molar-refractivity contribution in [1.82, 2.24) is 5.32 Å². The third kappa shape index (κ3) is 12.2. The minimum Gasteiger partial charge on any atom is -0.355 e. The lowest BCUT2D eigenvalue weighted by Gasteiger charge is -2.17.